The molecular weight excluding hydrogens is 256 g/mol. The fraction of sp³-hybridized carbons (Fsp3) is 0.550. The Hall–Kier alpha value is -1.37. The van der Waals surface area contributed by atoms with Crippen molar-refractivity contribution in [1.82, 2.24) is 0 Å². The summed E-state index contributed by atoms with van der Waals surface area (Å²) in [7, 11) is 0. The Morgan fingerprint density at radius 2 is 1.71 bits per heavy atom. The molecule has 0 bridgehead atoms. The monoisotopic (exact) mass is 282 g/mol. The van der Waals surface area contributed by atoms with Crippen LogP contribution in [0.15, 0.2) is 42.0 Å². The molecule has 1 fully saturated rings. The van der Waals surface area contributed by atoms with Crippen molar-refractivity contribution in [1.29, 1.82) is 0 Å². The van der Waals surface area contributed by atoms with Crippen LogP contribution in [-0.2, 0) is 0 Å². The van der Waals surface area contributed by atoms with Crippen LogP contribution in [0, 0.1) is 5.41 Å². The van der Waals surface area contributed by atoms with Crippen molar-refractivity contribution in [2.24, 2.45) is 5.41 Å². The van der Waals surface area contributed by atoms with E-state index in [-0.39, 0.29) is 5.41 Å². The number of hydrogen-bond acceptors (Lipinski definition) is 1. The van der Waals surface area contributed by atoms with Gasteiger partial charge in [0.1, 0.15) is 0 Å². The Labute approximate surface area is 128 Å². The largest absolute Gasteiger partial charge is 0.294 e. The first-order valence-electron chi connectivity index (χ1n) is 8.58. The van der Waals surface area contributed by atoms with Gasteiger partial charge in [0.25, 0.3) is 0 Å². The third-order valence-corrected chi connectivity index (χ3v) is 5.28. The van der Waals surface area contributed by atoms with E-state index in [1.165, 1.54) is 44.9 Å². The molecule has 1 aromatic rings. The van der Waals surface area contributed by atoms with E-state index in [4.69, 9.17) is 0 Å². The summed E-state index contributed by atoms with van der Waals surface area (Å²) in [5.41, 5.74) is 2.35. The lowest BCUT2D eigenvalue weighted by Crippen LogP contribution is -2.34. The lowest BCUT2D eigenvalue weighted by Gasteiger charge is -2.37. The van der Waals surface area contributed by atoms with E-state index < -0.39 is 0 Å². The number of hydrogen-bond donors (Lipinski definition) is 0. The molecule has 0 atom stereocenters. The molecule has 1 aromatic carbocycles. The number of rotatable bonds is 4. The Balaban J connectivity index is 1.85. The van der Waals surface area contributed by atoms with Gasteiger partial charge in [-0.15, -0.1) is 0 Å². The molecule has 0 spiro atoms. The van der Waals surface area contributed by atoms with Crippen molar-refractivity contribution in [3.8, 4) is 0 Å². The van der Waals surface area contributed by atoms with Gasteiger partial charge in [0.05, 0.1) is 0 Å². The maximum absolute atomic E-state index is 13.2. The van der Waals surface area contributed by atoms with Crippen LogP contribution in [0.1, 0.15) is 74.6 Å². The number of carbonyl (C=O) groups excluding carboxylic acids is 1. The smallest absolute Gasteiger partial charge is 0.169 e. The van der Waals surface area contributed by atoms with E-state index in [0.717, 1.165) is 24.8 Å². The highest BCUT2D eigenvalue weighted by molar-refractivity contribution is 6.00. The van der Waals surface area contributed by atoms with E-state index in [9.17, 15) is 4.79 Å². The average molecular weight is 282 g/mol. The molecule has 112 valence electrons. The number of benzene rings is 1. The topological polar surface area (TPSA) is 17.1 Å². The van der Waals surface area contributed by atoms with Crippen LogP contribution < -0.4 is 0 Å². The van der Waals surface area contributed by atoms with Gasteiger partial charge < -0.3 is 0 Å². The van der Waals surface area contributed by atoms with Gasteiger partial charge in [-0.3, -0.25) is 4.79 Å². The predicted molar refractivity (Wildman–Crippen MR) is 87.5 cm³/mol. The van der Waals surface area contributed by atoms with Crippen molar-refractivity contribution in [2.45, 2.75) is 64.2 Å². The molecule has 0 aliphatic heterocycles. The van der Waals surface area contributed by atoms with E-state index in [1.807, 2.05) is 30.3 Å². The quantitative estimate of drug-likeness (QED) is 0.510. The summed E-state index contributed by atoms with van der Waals surface area (Å²) in [4.78, 5) is 13.2. The summed E-state index contributed by atoms with van der Waals surface area (Å²) in [5, 5.41) is 0. The second-order valence-electron chi connectivity index (χ2n) is 6.82. The van der Waals surface area contributed by atoms with Gasteiger partial charge in [0.2, 0.25) is 0 Å². The zero-order valence-corrected chi connectivity index (χ0v) is 12.9. The van der Waals surface area contributed by atoms with Gasteiger partial charge in [0.15, 0.2) is 5.78 Å². The summed E-state index contributed by atoms with van der Waals surface area (Å²) in [6, 6.07) is 9.96. The molecular formula is C20H26O. The third-order valence-electron chi connectivity index (χ3n) is 5.28. The summed E-state index contributed by atoms with van der Waals surface area (Å²) in [6.07, 6.45) is 14.4. The molecule has 0 heterocycles. The van der Waals surface area contributed by atoms with Crippen LogP contribution in [0.4, 0.5) is 0 Å². The molecule has 0 saturated heterocycles. The Kier molecular flexibility index (Phi) is 4.57. The molecule has 1 nitrogen and oxygen atoms in total. The van der Waals surface area contributed by atoms with Crippen LogP contribution in [0.5, 0.6) is 0 Å². The first-order valence-corrected chi connectivity index (χ1v) is 8.58. The van der Waals surface area contributed by atoms with Crippen molar-refractivity contribution in [3.63, 3.8) is 0 Å². The molecule has 21 heavy (non-hydrogen) atoms. The SMILES string of the molecule is O=C(c1ccccc1)C1(CC2=CCCCC2)CCCCC1. The van der Waals surface area contributed by atoms with Crippen molar-refractivity contribution >= 4 is 5.78 Å². The minimum absolute atomic E-state index is 0.108. The number of ketones is 1. The Bertz CT molecular complexity index is 506. The maximum atomic E-state index is 13.2. The minimum atomic E-state index is -0.108. The molecule has 0 unspecified atom stereocenters. The second kappa shape index (κ2) is 6.60. The molecule has 0 radical (unpaired) electrons. The summed E-state index contributed by atoms with van der Waals surface area (Å²) in [5.74, 6) is 0.397. The summed E-state index contributed by atoms with van der Waals surface area (Å²) in [6.45, 7) is 0. The molecule has 0 amide bonds. The zero-order chi connectivity index (χ0) is 14.5. The van der Waals surface area contributed by atoms with E-state index in [1.54, 1.807) is 5.57 Å². The highest BCUT2D eigenvalue weighted by Gasteiger charge is 2.40. The molecule has 2 aliphatic rings. The number of Topliss-reactive ketones (excluding diaryl/α,β-unsaturated/α-hetero) is 1. The minimum Gasteiger partial charge on any atom is -0.294 e. The van der Waals surface area contributed by atoms with E-state index in [0.29, 0.717) is 5.78 Å². The summed E-state index contributed by atoms with van der Waals surface area (Å²) < 4.78 is 0. The van der Waals surface area contributed by atoms with Crippen molar-refractivity contribution in [2.75, 3.05) is 0 Å². The summed E-state index contributed by atoms with van der Waals surface area (Å²) >= 11 is 0. The van der Waals surface area contributed by atoms with E-state index >= 15 is 0 Å². The molecule has 2 aliphatic carbocycles. The highest BCUT2D eigenvalue weighted by Crippen LogP contribution is 2.45. The average Bonchev–Trinajstić information content (AvgIpc) is 2.57. The third kappa shape index (κ3) is 3.28. The molecule has 1 saturated carbocycles. The number of carbonyl (C=O) groups is 1. The Morgan fingerprint density at radius 1 is 0.952 bits per heavy atom. The van der Waals surface area contributed by atoms with Crippen LogP contribution >= 0.6 is 0 Å². The predicted octanol–water partition coefficient (Wildman–Crippen LogP) is 5.71. The van der Waals surface area contributed by atoms with Crippen LogP contribution in [0.3, 0.4) is 0 Å². The van der Waals surface area contributed by atoms with Crippen molar-refractivity contribution in [3.05, 3.63) is 47.5 Å². The standard InChI is InChI=1S/C20H26O/c21-19(18-12-6-2-7-13-18)20(14-8-3-9-15-20)16-17-10-4-1-5-11-17/h2,6-7,10,12-13H,1,3-5,8-9,11,14-16H2. The maximum Gasteiger partial charge on any atom is 0.169 e. The normalized spacial score (nSPS) is 21.6. The fourth-order valence-electron chi connectivity index (χ4n) is 4.11. The van der Waals surface area contributed by atoms with Gasteiger partial charge in [-0.1, -0.05) is 61.2 Å². The zero-order valence-electron chi connectivity index (χ0n) is 12.9. The molecule has 0 aromatic heterocycles. The van der Waals surface area contributed by atoms with Crippen LogP contribution in [0.2, 0.25) is 0 Å². The Morgan fingerprint density at radius 3 is 2.38 bits per heavy atom. The van der Waals surface area contributed by atoms with Gasteiger partial charge in [0, 0.05) is 11.0 Å². The first kappa shape index (κ1) is 14.6. The van der Waals surface area contributed by atoms with Gasteiger partial charge in [-0.2, -0.15) is 0 Å². The lowest BCUT2D eigenvalue weighted by atomic mass is 9.65. The van der Waals surface area contributed by atoms with E-state index in [2.05, 4.69) is 6.08 Å². The molecule has 1 heteroatoms. The van der Waals surface area contributed by atoms with Gasteiger partial charge >= 0.3 is 0 Å². The second-order valence-corrected chi connectivity index (χ2v) is 6.82. The molecule has 3 rings (SSSR count). The highest BCUT2D eigenvalue weighted by atomic mass is 16.1. The van der Waals surface area contributed by atoms with Gasteiger partial charge in [-0.05, 0) is 44.9 Å². The van der Waals surface area contributed by atoms with Crippen LogP contribution in [0.25, 0.3) is 0 Å². The lowest BCUT2D eigenvalue weighted by molar-refractivity contribution is 0.0708. The fourth-order valence-corrected chi connectivity index (χ4v) is 4.11. The number of allylic oxidation sites excluding steroid dienone is 2. The molecule has 0 N–H and O–H groups in total. The van der Waals surface area contributed by atoms with Crippen molar-refractivity contribution < 1.29 is 4.79 Å². The van der Waals surface area contributed by atoms with Gasteiger partial charge in [-0.25, -0.2) is 0 Å². The first-order chi connectivity index (χ1) is 10.3. The van der Waals surface area contributed by atoms with Crippen LogP contribution in [-0.4, -0.2) is 5.78 Å².